The molecular formula is C13H11ClO2. The molecule has 1 heterocycles. The Kier molecular flexibility index (Phi) is 2.84. The number of ketones is 1. The van der Waals surface area contributed by atoms with Gasteiger partial charge in [-0.1, -0.05) is 12.1 Å². The third-order valence-electron chi connectivity index (χ3n) is 2.57. The summed E-state index contributed by atoms with van der Waals surface area (Å²) < 4.78 is 5.09. The van der Waals surface area contributed by atoms with Crippen molar-refractivity contribution in [2.45, 2.75) is 13.8 Å². The van der Waals surface area contributed by atoms with Crippen molar-refractivity contribution < 1.29 is 9.21 Å². The first-order valence-electron chi connectivity index (χ1n) is 4.95. The first kappa shape index (κ1) is 11.0. The van der Waals surface area contributed by atoms with Crippen molar-refractivity contribution in [2.24, 2.45) is 0 Å². The predicted molar refractivity (Wildman–Crippen MR) is 63.1 cm³/mol. The third kappa shape index (κ3) is 2.02. The minimum Gasteiger partial charge on any atom is -0.441 e. The van der Waals surface area contributed by atoms with E-state index in [-0.39, 0.29) is 16.8 Å². The Bertz CT molecular complexity index is 541. The van der Waals surface area contributed by atoms with E-state index in [1.165, 1.54) is 0 Å². The predicted octanol–water partition coefficient (Wildman–Crippen LogP) is 3.78. The van der Waals surface area contributed by atoms with Gasteiger partial charge in [-0.15, -0.1) is 0 Å². The van der Waals surface area contributed by atoms with Crippen LogP contribution in [-0.4, -0.2) is 5.78 Å². The fourth-order valence-corrected chi connectivity index (χ4v) is 1.61. The summed E-state index contributed by atoms with van der Waals surface area (Å²) in [6, 6.07) is 8.72. The van der Waals surface area contributed by atoms with Gasteiger partial charge in [-0.25, -0.2) is 0 Å². The number of halogens is 1. The van der Waals surface area contributed by atoms with E-state index in [0.29, 0.717) is 5.56 Å². The molecule has 0 unspecified atom stereocenters. The van der Waals surface area contributed by atoms with Gasteiger partial charge in [0.05, 0.1) is 0 Å². The van der Waals surface area contributed by atoms with Crippen molar-refractivity contribution in [2.75, 3.05) is 0 Å². The quantitative estimate of drug-likeness (QED) is 0.741. The van der Waals surface area contributed by atoms with E-state index in [2.05, 4.69) is 0 Å². The molecule has 2 aromatic rings. The third-order valence-corrected chi connectivity index (χ3v) is 2.77. The lowest BCUT2D eigenvalue weighted by Crippen LogP contribution is -2.00. The van der Waals surface area contributed by atoms with Crippen molar-refractivity contribution >= 4 is 17.4 Å². The monoisotopic (exact) mass is 234 g/mol. The van der Waals surface area contributed by atoms with Crippen molar-refractivity contribution in [3.8, 4) is 0 Å². The Morgan fingerprint density at radius 3 is 2.44 bits per heavy atom. The average molecular weight is 235 g/mol. The molecule has 0 bridgehead atoms. The van der Waals surface area contributed by atoms with Crippen LogP contribution in [0.1, 0.15) is 27.2 Å². The summed E-state index contributed by atoms with van der Waals surface area (Å²) in [6.45, 7) is 3.98. The molecule has 82 valence electrons. The molecule has 1 aromatic carbocycles. The van der Waals surface area contributed by atoms with Gasteiger partial charge in [0, 0.05) is 5.56 Å². The summed E-state index contributed by atoms with van der Waals surface area (Å²) >= 11 is 5.63. The zero-order valence-corrected chi connectivity index (χ0v) is 9.84. The van der Waals surface area contributed by atoms with E-state index in [9.17, 15) is 4.79 Å². The summed E-state index contributed by atoms with van der Waals surface area (Å²) in [5, 5.41) is 0.229. The average Bonchev–Trinajstić information content (AvgIpc) is 2.68. The van der Waals surface area contributed by atoms with Crippen LogP contribution in [0.25, 0.3) is 0 Å². The minimum atomic E-state index is -0.144. The molecule has 1 aromatic heterocycles. The molecule has 0 amide bonds. The van der Waals surface area contributed by atoms with E-state index in [4.69, 9.17) is 16.0 Å². The van der Waals surface area contributed by atoms with Gasteiger partial charge in [0.15, 0.2) is 11.0 Å². The second-order valence-electron chi connectivity index (χ2n) is 3.73. The highest BCUT2D eigenvalue weighted by Gasteiger charge is 2.13. The smallest absolute Gasteiger partial charge is 0.228 e. The minimum absolute atomic E-state index is 0.144. The number of aryl methyl sites for hydroxylation is 2. The van der Waals surface area contributed by atoms with Gasteiger partial charge in [-0.05, 0) is 54.8 Å². The summed E-state index contributed by atoms with van der Waals surface area (Å²) in [5.41, 5.74) is 2.87. The molecule has 0 saturated carbocycles. The highest BCUT2D eigenvalue weighted by molar-refractivity contribution is 6.29. The van der Waals surface area contributed by atoms with Gasteiger partial charge in [-0.3, -0.25) is 4.79 Å². The number of benzene rings is 1. The van der Waals surface area contributed by atoms with E-state index in [1.807, 2.05) is 26.0 Å². The van der Waals surface area contributed by atoms with Gasteiger partial charge in [0.25, 0.3) is 0 Å². The SMILES string of the molecule is Cc1ccc(C(=O)c2ccc(Cl)o2)cc1C. The molecule has 0 saturated heterocycles. The Labute approximate surface area is 98.8 Å². The van der Waals surface area contributed by atoms with Crippen LogP contribution in [0.2, 0.25) is 5.22 Å². The molecule has 0 fully saturated rings. The summed E-state index contributed by atoms with van der Waals surface area (Å²) in [6.07, 6.45) is 0. The fraction of sp³-hybridized carbons (Fsp3) is 0.154. The summed E-state index contributed by atoms with van der Waals surface area (Å²) in [4.78, 5) is 12.0. The lowest BCUT2D eigenvalue weighted by molar-refractivity contribution is 0.101. The van der Waals surface area contributed by atoms with E-state index < -0.39 is 0 Å². The number of carbonyl (C=O) groups is 1. The summed E-state index contributed by atoms with van der Waals surface area (Å²) in [5.74, 6) is 0.128. The van der Waals surface area contributed by atoms with Gasteiger partial charge >= 0.3 is 0 Å². The maximum absolute atomic E-state index is 12.0. The molecule has 2 rings (SSSR count). The van der Waals surface area contributed by atoms with Crippen LogP contribution >= 0.6 is 11.6 Å². The fourth-order valence-electron chi connectivity index (χ4n) is 1.46. The van der Waals surface area contributed by atoms with E-state index in [1.54, 1.807) is 18.2 Å². The second kappa shape index (κ2) is 4.14. The van der Waals surface area contributed by atoms with Crippen LogP contribution in [0, 0.1) is 13.8 Å². The largest absolute Gasteiger partial charge is 0.441 e. The second-order valence-corrected chi connectivity index (χ2v) is 4.10. The van der Waals surface area contributed by atoms with Gasteiger partial charge in [-0.2, -0.15) is 0 Å². The first-order chi connectivity index (χ1) is 7.58. The first-order valence-corrected chi connectivity index (χ1v) is 5.33. The number of furan rings is 1. The maximum Gasteiger partial charge on any atom is 0.228 e. The molecule has 0 spiro atoms. The molecular weight excluding hydrogens is 224 g/mol. The number of hydrogen-bond acceptors (Lipinski definition) is 2. The van der Waals surface area contributed by atoms with Crippen molar-refractivity contribution in [1.29, 1.82) is 0 Å². The zero-order chi connectivity index (χ0) is 11.7. The van der Waals surface area contributed by atoms with Crippen molar-refractivity contribution in [1.82, 2.24) is 0 Å². The Morgan fingerprint density at radius 1 is 1.12 bits per heavy atom. The molecule has 2 nitrogen and oxygen atoms in total. The number of carbonyl (C=O) groups excluding carboxylic acids is 1. The van der Waals surface area contributed by atoms with Crippen LogP contribution in [0.5, 0.6) is 0 Å². The Balaban J connectivity index is 2.38. The molecule has 0 aliphatic heterocycles. The molecule has 0 atom stereocenters. The van der Waals surface area contributed by atoms with Gasteiger partial charge in [0.2, 0.25) is 5.78 Å². The molecule has 0 aliphatic rings. The summed E-state index contributed by atoms with van der Waals surface area (Å²) in [7, 11) is 0. The lowest BCUT2D eigenvalue weighted by atomic mass is 10.0. The van der Waals surface area contributed by atoms with Crippen molar-refractivity contribution in [3.05, 3.63) is 58.0 Å². The van der Waals surface area contributed by atoms with Crippen LogP contribution in [0.15, 0.2) is 34.7 Å². The van der Waals surface area contributed by atoms with Crippen LogP contribution in [0.4, 0.5) is 0 Å². The normalized spacial score (nSPS) is 10.4. The van der Waals surface area contributed by atoms with Crippen LogP contribution < -0.4 is 0 Å². The molecule has 0 radical (unpaired) electrons. The lowest BCUT2D eigenvalue weighted by Gasteiger charge is -2.02. The maximum atomic E-state index is 12.0. The molecule has 0 aliphatic carbocycles. The highest BCUT2D eigenvalue weighted by Crippen LogP contribution is 2.18. The molecule has 3 heteroatoms. The standard InChI is InChI=1S/C13H11ClO2/c1-8-3-4-10(7-9(8)2)13(15)11-5-6-12(14)16-11/h3-7H,1-2H3. The number of rotatable bonds is 2. The Hall–Kier alpha value is -1.54. The van der Waals surface area contributed by atoms with E-state index in [0.717, 1.165) is 11.1 Å². The van der Waals surface area contributed by atoms with Gasteiger partial charge in [0.1, 0.15) is 0 Å². The highest BCUT2D eigenvalue weighted by atomic mass is 35.5. The Morgan fingerprint density at radius 2 is 1.88 bits per heavy atom. The van der Waals surface area contributed by atoms with E-state index >= 15 is 0 Å². The van der Waals surface area contributed by atoms with Crippen molar-refractivity contribution in [3.63, 3.8) is 0 Å². The molecule has 16 heavy (non-hydrogen) atoms. The van der Waals surface area contributed by atoms with Gasteiger partial charge < -0.3 is 4.42 Å². The number of hydrogen-bond donors (Lipinski definition) is 0. The van der Waals surface area contributed by atoms with Crippen LogP contribution in [0.3, 0.4) is 0 Å². The van der Waals surface area contributed by atoms with Crippen LogP contribution in [-0.2, 0) is 0 Å². The zero-order valence-electron chi connectivity index (χ0n) is 9.08. The topological polar surface area (TPSA) is 30.2 Å². The molecule has 0 N–H and O–H groups in total.